The van der Waals surface area contributed by atoms with Gasteiger partial charge < -0.3 is 16.0 Å². The minimum Gasteiger partial charge on any atom is -0.369 e. The van der Waals surface area contributed by atoms with Gasteiger partial charge in [0.15, 0.2) is 0 Å². The van der Waals surface area contributed by atoms with Gasteiger partial charge in [0, 0.05) is 24.9 Å². The van der Waals surface area contributed by atoms with Crippen LogP contribution in [0.5, 0.6) is 0 Å². The summed E-state index contributed by atoms with van der Waals surface area (Å²) in [7, 11) is 0. The highest BCUT2D eigenvalue weighted by atomic mass is 16.2. The van der Waals surface area contributed by atoms with Crippen molar-refractivity contribution in [1.82, 2.24) is 10.2 Å². The summed E-state index contributed by atoms with van der Waals surface area (Å²) in [5, 5.41) is 3.00. The van der Waals surface area contributed by atoms with Crippen LogP contribution in [0.2, 0.25) is 0 Å². The summed E-state index contributed by atoms with van der Waals surface area (Å²) in [6, 6.07) is 9.59. The van der Waals surface area contributed by atoms with E-state index in [0.29, 0.717) is 32.4 Å². The fraction of sp³-hybridized carbons (Fsp3) is 0.640. The molecule has 0 saturated carbocycles. The lowest BCUT2D eigenvalue weighted by Gasteiger charge is -2.29. The number of likely N-dealkylation sites (tertiary alicyclic amines) is 1. The third-order valence-corrected chi connectivity index (χ3v) is 6.12. The Balaban J connectivity index is 2.08. The van der Waals surface area contributed by atoms with E-state index in [-0.39, 0.29) is 17.7 Å². The van der Waals surface area contributed by atoms with Gasteiger partial charge >= 0.3 is 0 Å². The van der Waals surface area contributed by atoms with E-state index < -0.39 is 23.8 Å². The van der Waals surface area contributed by atoms with E-state index in [2.05, 4.69) is 17.4 Å². The van der Waals surface area contributed by atoms with Crippen LogP contribution in [0.3, 0.4) is 0 Å². The molecule has 0 spiro atoms. The van der Waals surface area contributed by atoms with Crippen LogP contribution in [0.25, 0.3) is 0 Å². The molecule has 3 amide bonds. The fourth-order valence-electron chi connectivity index (χ4n) is 4.46. The standard InChI is InChI=1S/C25H39N3O3/c1-4-10-20(23(26)29)21(17-18(2)3)24(30)27-22-13-8-9-15-28(25(22)31)16-14-19-11-6-5-7-12-19/h5-7,11-12,18,20-22H,4,8-10,13-17H2,1-3H3,(H2,26,29)(H,27,30)/t20?,21?,22-/m0/s1. The molecule has 1 heterocycles. The number of rotatable bonds is 11. The number of benzene rings is 1. The first-order valence-corrected chi connectivity index (χ1v) is 11.8. The molecule has 1 fully saturated rings. The van der Waals surface area contributed by atoms with Gasteiger partial charge in [-0.05, 0) is 50.0 Å². The predicted molar refractivity (Wildman–Crippen MR) is 123 cm³/mol. The zero-order valence-corrected chi connectivity index (χ0v) is 19.3. The van der Waals surface area contributed by atoms with Crippen molar-refractivity contribution >= 4 is 17.7 Å². The molecule has 3 N–H and O–H groups in total. The maximum absolute atomic E-state index is 13.2. The Morgan fingerprint density at radius 3 is 2.48 bits per heavy atom. The Bertz CT molecular complexity index is 720. The quantitative estimate of drug-likeness (QED) is 0.565. The highest BCUT2D eigenvalue weighted by molar-refractivity contribution is 5.91. The van der Waals surface area contributed by atoms with Crippen LogP contribution >= 0.6 is 0 Å². The van der Waals surface area contributed by atoms with Crippen LogP contribution in [0.1, 0.15) is 64.9 Å². The number of hydrogen-bond donors (Lipinski definition) is 2. The largest absolute Gasteiger partial charge is 0.369 e. The molecule has 2 unspecified atom stereocenters. The van der Waals surface area contributed by atoms with Crippen molar-refractivity contribution in [2.24, 2.45) is 23.5 Å². The molecule has 1 saturated heterocycles. The second kappa shape index (κ2) is 12.5. The first kappa shape index (κ1) is 24.9. The molecule has 2 rings (SSSR count). The summed E-state index contributed by atoms with van der Waals surface area (Å²) in [5.74, 6) is -1.40. The summed E-state index contributed by atoms with van der Waals surface area (Å²) in [6.07, 6.45) is 5.20. The molecule has 3 atom stereocenters. The van der Waals surface area contributed by atoms with Crippen LogP contribution in [0.4, 0.5) is 0 Å². The molecule has 1 aliphatic rings. The van der Waals surface area contributed by atoms with Crippen LogP contribution in [-0.4, -0.2) is 41.8 Å². The Kier molecular flexibility index (Phi) is 10.0. The number of nitrogens with zero attached hydrogens (tertiary/aromatic N) is 1. The SMILES string of the molecule is CCCC(C(N)=O)C(CC(C)C)C(=O)N[C@H]1CCCCN(CCc2ccccc2)C1=O. The lowest BCUT2D eigenvalue weighted by atomic mass is 9.81. The maximum Gasteiger partial charge on any atom is 0.245 e. The highest BCUT2D eigenvalue weighted by Crippen LogP contribution is 2.26. The van der Waals surface area contributed by atoms with E-state index in [1.54, 1.807) is 0 Å². The lowest BCUT2D eigenvalue weighted by Crippen LogP contribution is -2.51. The van der Waals surface area contributed by atoms with Crippen molar-refractivity contribution in [3.8, 4) is 0 Å². The smallest absolute Gasteiger partial charge is 0.245 e. The van der Waals surface area contributed by atoms with E-state index in [9.17, 15) is 14.4 Å². The van der Waals surface area contributed by atoms with Gasteiger partial charge in [-0.1, -0.05) is 57.5 Å². The van der Waals surface area contributed by atoms with E-state index in [1.807, 2.05) is 43.9 Å². The van der Waals surface area contributed by atoms with Crippen molar-refractivity contribution in [2.45, 2.75) is 71.8 Å². The van der Waals surface area contributed by atoms with Crippen molar-refractivity contribution in [1.29, 1.82) is 0 Å². The molecule has 1 aliphatic heterocycles. The maximum atomic E-state index is 13.2. The molecule has 6 nitrogen and oxygen atoms in total. The molecule has 0 bridgehead atoms. The van der Waals surface area contributed by atoms with Gasteiger partial charge in [0.2, 0.25) is 17.7 Å². The molecule has 0 aromatic heterocycles. The number of carbonyl (C=O) groups is 3. The Labute approximate surface area is 186 Å². The van der Waals surface area contributed by atoms with E-state index in [0.717, 1.165) is 25.7 Å². The number of carbonyl (C=O) groups excluding carboxylic acids is 3. The monoisotopic (exact) mass is 429 g/mol. The normalized spacial score (nSPS) is 19.0. The first-order valence-electron chi connectivity index (χ1n) is 11.8. The minimum atomic E-state index is -0.532. The molecular weight excluding hydrogens is 390 g/mol. The summed E-state index contributed by atoms with van der Waals surface area (Å²) in [4.78, 5) is 40.4. The second-order valence-corrected chi connectivity index (χ2v) is 9.15. The van der Waals surface area contributed by atoms with Crippen LogP contribution in [0.15, 0.2) is 30.3 Å². The predicted octanol–water partition coefficient (Wildman–Crippen LogP) is 3.29. The minimum absolute atomic E-state index is 0.0174. The molecule has 172 valence electrons. The van der Waals surface area contributed by atoms with Crippen molar-refractivity contribution in [2.75, 3.05) is 13.1 Å². The zero-order valence-electron chi connectivity index (χ0n) is 19.3. The van der Waals surface area contributed by atoms with Gasteiger partial charge in [0.1, 0.15) is 6.04 Å². The fourth-order valence-corrected chi connectivity index (χ4v) is 4.46. The Morgan fingerprint density at radius 1 is 1.16 bits per heavy atom. The van der Waals surface area contributed by atoms with Crippen molar-refractivity contribution < 1.29 is 14.4 Å². The van der Waals surface area contributed by atoms with Gasteiger partial charge in [0.05, 0.1) is 0 Å². The van der Waals surface area contributed by atoms with Gasteiger partial charge in [-0.15, -0.1) is 0 Å². The molecule has 31 heavy (non-hydrogen) atoms. The molecule has 0 aliphatic carbocycles. The molecule has 6 heteroatoms. The Morgan fingerprint density at radius 2 is 1.87 bits per heavy atom. The number of primary amides is 1. The summed E-state index contributed by atoms with van der Waals surface area (Å²) >= 11 is 0. The third kappa shape index (κ3) is 7.67. The number of nitrogens with two attached hydrogens (primary N) is 1. The number of nitrogens with one attached hydrogen (secondary N) is 1. The molecular formula is C25H39N3O3. The van der Waals surface area contributed by atoms with Crippen molar-refractivity contribution in [3.63, 3.8) is 0 Å². The summed E-state index contributed by atoms with van der Waals surface area (Å²) < 4.78 is 0. The van der Waals surface area contributed by atoms with E-state index in [4.69, 9.17) is 5.73 Å². The number of hydrogen-bond acceptors (Lipinski definition) is 3. The van der Waals surface area contributed by atoms with Gasteiger partial charge in [-0.3, -0.25) is 14.4 Å². The molecule has 0 radical (unpaired) electrons. The molecule has 1 aromatic carbocycles. The molecule has 1 aromatic rings. The van der Waals surface area contributed by atoms with Crippen molar-refractivity contribution in [3.05, 3.63) is 35.9 Å². The lowest BCUT2D eigenvalue weighted by molar-refractivity contribution is -0.139. The van der Waals surface area contributed by atoms with E-state index >= 15 is 0 Å². The first-order chi connectivity index (χ1) is 14.8. The highest BCUT2D eigenvalue weighted by Gasteiger charge is 2.35. The van der Waals surface area contributed by atoms with Gasteiger partial charge in [0.25, 0.3) is 0 Å². The average Bonchev–Trinajstić information content (AvgIpc) is 2.91. The van der Waals surface area contributed by atoms with Crippen LogP contribution < -0.4 is 11.1 Å². The number of amides is 3. The summed E-state index contributed by atoms with van der Waals surface area (Å²) in [5.41, 5.74) is 6.84. The zero-order chi connectivity index (χ0) is 22.8. The van der Waals surface area contributed by atoms with E-state index in [1.165, 1.54) is 5.56 Å². The average molecular weight is 430 g/mol. The van der Waals surface area contributed by atoms with Gasteiger partial charge in [-0.2, -0.15) is 0 Å². The topological polar surface area (TPSA) is 92.5 Å². The van der Waals surface area contributed by atoms with Crippen LogP contribution in [-0.2, 0) is 20.8 Å². The van der Waals surface area contributed by atoms with Crippen LogP contribution in [0, 0.1) is 17.8 Å². The summed E-state index contributed by atoms with van der Waals surface area (Å²) in [6.45, 7) is 7.41. The van der Waals surface area contributed by atoms with Gasteiger partial charge in [-0.25, -0.2) is 0 Å². The third-order valence-electron chi connectivity index (χ3n) is 6.12. The Hall–Kier alpha value is -2.37. The second-order valence-electron chi connectivity index (χ2n) is 9.15.